The molecule has 116 valence electrons. The fraction of sp³-hybridized carbons (Fsp3) is 0.562. The van der Waals surface area contributed by atoms with Gasteiger partial charge in [-0.05, 0) is 49.0 Å². The van der Waals surface area contributed by atoms with Crippen LogP contribution in [0.25, 0.3) is 0 Å². The molecule has 2 rings (SSSR count). The Hall–Kier alpha value is -1.46. The number of aromatic carboxylic acids is 1. The summed E-state index contributed by atoms with van der Waals surface area (Å²) in [6, 6.07) is 4.36. The van der Waals surface area contributed by atoms with Crippen LogP contribution in [0, 0.1) is 11.2 Å². The Balaban J connectivity index is 1.95. The Bertz CT molecular complexity index is 510. The first-order chi connectivity index (χ1) is 9.93. The molecule has 21 heavy (non-hydrogen) atoms. The molecule has 1 saturated heterocycles. The van der Waals surface area contributed by atoms with E-state index in [-0.39, 0.29) is 11.0 Å². The molecule has 1 aromatic rings. The van der Waals surface area contributed by atoms with Crippen molar-refractivity contribution in [2.75, 3.05) is 26.8 Å². The molecule has 5 heteroatoms. The van der Waals surface area contributed by atoms with E-state index in [1.54, 1.807) is 13.2 Å². The highest BCUT2D eigenvalue weighted by Crippen LogP contribution is 2.31. The van der Waals surface area contributed by atoms with Crippen LogP contribution in [0.5, 0.6) is 0 Å². The van der Waals surface area contributed by atoms with Gasteiger partial charge in [0.2, 0.25) is 0 Å². The van der Waals surface area contributed by atoms with E-state index in [4.69, 9.17) is 9.84 Å². The number of rotatable bonds is 5. The molecule has 1 aliphatic heterocycles. The van der Waals surface area contributed by atoms with Gasteiger partial charge in [-0.15, -0.1) is 0 Å². The smallest absolute Gasteiger partial charge is 0.338 e. The van der Waals surface area contributed by atoms with E-state index in [2.05, 4.69) is 11.8 Å². The fourth-order valence-corrected chi connectivity index (χ4v) is 2.83. The molecule has 1 aliphatic rings. The summed E-state index contributed by atoms with van der Waals surface area (Å²) in [6.07, 6.45) is 2.10. The maximum atomic E-state index is 13.7. The van der Waals surface area contributed by atoms with Crippen molar-refractivity contribution in [2.24, 2.45) is 5.41 Å². The summed E-state index contributed by atoms with van der Waals surface area (Å²) in [4.78, 5) is 13.1. The van der Waals surface area contributed by atoms with E-state index in [0.29, 0.717) is 6.54 Å². The van der Waals surface area contributed by atoms with Gasteiger partial charge in [-0.3, -0.25) is 4.90 Å². The maximum absolute atomic E-state index is 13.7. The minimum absolute atomic E-state index is 0.226. The van der Waals surface area contributed by atoms with Crippen LogP contribution in [0.1, 0.15) is 35.7 Å². The van der Waals surface area contributed by atoms with Gasteiger partial charge in [-0.2, -0.15) is 0 Å². The molecule has 0 unspecified atom stereocenters. The van der Waals surface area contributed by atoms with E-state index in [1.165, 1.54) is 12.1 Å². The van der Waals surface area contributed by atoms with Crippen LogP contribution in [-0.2, 0) is 11.3 Å². The summed E-state index contributed by atoms with van der Waals surface area (Å²) >= 11 is 0. The standard InChI is InChI=1S/C16H22FNO3/c1-16(11-21-2)5-7-18(8-6-16)10-12-3-4-13(15(19)20)14(17)9-12/h3-4,9H,5-8,10-11H2,1-2H3,(H,19,20). The van der Waals surface area contributed by atoms with Crippen molar-refractivity contribution in [1.29, 1.82) is 0 Å². The third-order valence-electron chi connectivity index (χ3n) is 4.23. The Morgan fingerprint density at radius 3 is 2.62 bits per heavy atom. The minimum Gasteiger partial charge on any atom is -0.478 e. The van der Waals surface area contributed by atoms with Crippen molar-refractivity contribution in [2.45, 2.75) is 26.3 Å². The molecule has 0 saturated carbocycles. The van der Waals surface area contributed by atoms with Crippen molar-refractivity contribution in [3.05, 3.63) is 35.1 Å². The first-order valence-corrected chi connectivity index (χ1v) is 7.16. The summed E-state index contributed by atoms with van der Waals surface area (Å²) in [6.45, 7) is 5.54. The van der Waals surface area contributed by atoms with Gasteiger partial charge in [0, 0.05) is 13.7 Å². The molecule has 1 N–H and O–H groups in total. The lowest BCUT2D eigenvalue weighted by atomic mass is 9.81. The highest BCUT2D eigenvalue weighted by Gasteiger charge is 2.29. The molecule has 0 amide bonds. The first kappa shape index (κ1) is 15.9. The number of halogens is 1. The summed E-state index contributed by atoms with van der Waals surface area (Å²) in [5, 5.41) is 8.82. The molecule has 1 aromatic carbocycles. The summed E-state index contributed by atoms with van der Waals surface area (Å²) in [5.41, 5.74) is 0.766. The lowest BCUT2D eigenvalue weighted by Crippen LogP contribution is -2.40. The predicted octanol–water partition coefficient (Wildman–Crippen LogP) is 2.77. The van der Waals surface area contributed by atoms with Crippen LogP contribution in [-0.4, -0.2) is 42.8 Å². The number of piperidine rings is 1. The molecule has 0 atom stereocenters. The second-order valence-corrected chi connectivity index (χ2v) is 6.14. The second-order valence-electron chi connectivity index (χ2n) is 6.14. The van der Waals surface area contributed by atoms with Crippen molar-refractivity contribution in [3.63, 3.8) is 0 Å². The first-order valence-electron chi connectivity index (χ1n) is 7.16. The van der Waals surface area contributed by atoms with E-state index in [1.807, 2.05) is 0 Å². The lowest BCUT2D eigenvalue weighted by Gasteiger charge is -2.39. The van der Waals surface area contributed by atoms with Gasteiger partial charge in [0.1, 0.15) is 5.82 Å². The van der Waals surface area contributed by atoms with Crippen molar-refractivity contribution in [3.8, 4) is 0 Å². The van der Waals surface area contributed by atoms with Gasteiger partial charge < -0.3 is 9.84 Å². The Kier molecular flexibility index (Phi) is 4.96. The monoisotopic (exact) mass is 295 g/mol. The van der Waals surface area contributed by atoms with Crippen LogP contribution in [0.4, 0.5) is 4.39 Å². The molecule has 4 nitrogen and oxygen atoms in total. The number of likely N-dealkylation sites (tertiary alicyclic amines) is 1. The maximum Gasteiger partial charge on any atom is 0.338 e. The van der Waals surface area contributed by atoms with Crippen molar-refractivity contribution in [1.82, 2.24) is 4.90 Å². The second kappa shape index (κ2) is 6.54. The van der Waals surface area contributed by atoms with Gasteiger partial charge in [0.25, 0.3) is 0 Å². The van der Waals surface area contributed by atoms with Crippen LogP contribution in [0.3, 0.4) is 0 Å². The predicted molar refractivity (Wildman–Crippen MR) is 77.9 cm³/mol. The molecule has 1 fully saturated rings. The van der Waals surface area contributed by atoms with E-state index < -0.39 is 11.8 Å². The molecular formula is C16H22FNO3. The molecule has 0 aromatic heterocycles. The highest BCUT2D eigenvalue weighted by atomic mass is 19.1. The minimum atomic E-state index is -1.23. The highest BCUT2D eigenvalue weighted by molar-refractivity contribution is 5.87. The number of benzene rings is 1. The number of methoxy groups -OCH3 is 1. The summed E-state index contributed by atoms with van der Waals surface area (Å²) in [7, 11) is 1.73. The van der Waals surface area contributed by atoms with Crippen LogP contribution in [0.15, 0.2) is 18.2 Å². The zero-order chi connectivity index (χ0) is 15.5. The number of carboxylic acid groups (broad SMARTS) is 1. The van der Waals surface area contributed by atoms with E-state index in [9.17, 15) is 9.18 Å². The average Bonchev–Trinajstić information content (AvgIpc) is 2.41. The Labute approximate surface area is 124 Å². The number of carbonyl (C=O) groups is 1. The number of ether oxygens (including phenoxy) is 1. The van der Waals surface area contributed by atoms with Gasteiger partial charge in [0.05, 0.1) is 12.2 Å². The van der Waals surface area contributed by atoms with Crippen molar-refractivity contribution >= 4 is 5.97 Å². The fourth-order valence-electron chi connectivity index (χ4n) is 2.83. The summed E-state index contributed by atoms with van der Waals surface area (Å²) < 4.78 is 18.9. The zero-order valence-electron chi connectivity index (χ0n) is 12.6. The molecule has 0 aliphatic carbocycles. The Morgan fingerprint density at radius 2 is 2.10 bits per heavy atom. The van der Waals surface area contributed by atoms with E-state index >= 15 is 0 Å². The van der Waals surface area contributed by atoms with Crippen LogP contribution >= 0.6 is 0 Å². The molecule has 1 heterocycles. The van der Waals surface area contributed by atoms with Gasteiger partial charge in [0.15, 0.2) is 0 Å². The average molecular weight is 295 g/mol. The SMILES string of the molecule is COCC1(C)CCN(Cc2ccc(C(=O)O)c(F)c2)CC1. The number of carboxylic acids is 1. The Morgan fingerprint density at radius 1 is 1.43 bits per heavy atom. The van der Waals surface area contributed by atoms with Gasteiger partial charge in [-0.25, -0.2) is 9.18 Å². The molecule has 0 bridgehead atoms. The third-order valence-corrected chi connectivity index (χ3v) is 4.23. The van der Waals surface area contributed by atoms with Crippen molar-refractivity contribution < 1.29 is 19.0 Å². The van der Waals surface area contributed by atoms with Crippen LogP contribution in [0.2, 0.25) is 0 Å². The largest absolute Gasteiger partial charge is 0.478 e. The number of hydrogen-bond donors (Lipinski definition) is 1. The quantitative estimate of drug-likeness (QED) is 0.907. The molecule has 0 radical (unpaired) electrons. The number of nitrogens with zero attached hydrogens (tertiary/aromatic N) is 1. The molecule has 0 spiro atoms. The summed E-state index contributed by atoms with van der Waals surface area (Å²) in [5.74, 6) is -1.89. The normalized spacial score (nSPS) is 18.6. The van der Waals surface area contributed by atoms with Gasteiger partial charge in [-0.1, -0.05) is 13.0 Å². The van der Waals surface area contributed by atoms with Crippen LogP contribution < -0.4 is 0 Å². The molecular weight excluding hydrogens is 273 g/mol. The van der Waals surface area contributed by atoms with Gasteiger partial charge >= 0.3 is 5.97 Å². The third kappa shape index (κ3) is 4.02. The number of hydrogen-bond acceptors (Lipinski definition) is 3. The zero-order valence-corrected chi connectivity index (χ0v) is 12.6. The topological polar surface area (TPSA) is 49.8 Å². The van der Waals surface area contributed by atoms with E-state index in [0.717, 1.165) is 38.1 Å². The lowest BCUT2D eigenvalue weighted by molar-refractivity contribution is 0.0322.